The van der Waals surface area contributed by atoms with Crippen molar-refractivity contribution in [2.45, 2.75) is 38.4 Å². The van der Waals surface area contributed by atoms with Crippen LogP contribution in [0.25, 0.3) is 0 Å². The number of thioether (sulfide) groups is 1. The van der Waals surface area contributed by atoms with E-state index in [9.17, 15) is 9.59 Å². The zero-order valence-electron chi connectivity index (χ0n) is 19.5. The maximum Gasteiger partial charge on any atom is 0.251 e. The summed E-state index contributed by atoms with van der Waals surface area (Å²) in [6, 6.07) is 17.2. The molecule has 1 aromatic heterocycles. The van der Waals surface area contributed by atoms with E-state index in [0.717, 1.165) is 12.0 Å². The fourth-order valence-corrected chi connectivity index (χ4v) is 4.18. The van der Waals surface area contributed by atoms with Crippen LogP contribution in [0.4, 0.5) is 0 Å². The molecule has 1 atom stereocenters. The van der Waals surface area contributed by atoms with Gasteiger partial charge in [0.15, 0.2) is 11.0 Å². The van der Waals surface area contributed by atoms with Crippen molar-refractivity contribution in [1.29, 1.82) is 0 Å². The Morgan fingerprint density at radius 3 is 2.52 bits per heavy atom. The van der Waals surface area contributed by atoms with E-state index in [4.69, 9.17) is 0 Å². The number of carbonyl (C=O) groups excluding carboxylic acids is 2. The number of hydrogen-bond acceptors (Lipinski definition) is 5. The smallest absolute Gasteiger partial charge is 0.251 e. The summed E-state index contributed by atoms with van der Waals surface area (Å²) >= 11 is 1.33. The van der Waals surface area contributed by atoms with E-state index in [1.54, 1.807) is 6.07 Å². The molecule has 3 aromatic rings. The molecule has 0 radical (unpaired) electrons. The van der Waals surface area contributed by atoms with Crippen LogP contribution in [0.1, 0.15) is 47.2 Å². The van der Waals surface area contributed by atoms with Gasteiger partial charge in [-0.3, -0.25) is 9.59 Å². The van der Waals surface area contributed by atoms with Crippen LogP contribution in [0.2, 0.25) is 0 Å². The maximum absolute atomic E-state index is 12.8. The molecule has 2 aromatic carbocycles. The second kappa shape index (κ2) is 11.7. The largest absolute Gasteiger partial charge is 0.355 e. The molecule has 0 saturated heterocycles. The number of nitrogens with zero attached hydrogens (tertiary/aromatic N) is 3. The molecule has 0 bridgehead atoms. The quantitative estimate of drug-likeness (QED) is 0.446. The first-order valence-corrected chi connectivity index (χ1v) is 12.0. The average Bonchev–Trinajstić information content (AvgIpc) is 3.16. The van der Waals surface area contributed by atoms with Gasteiger partial charge >= 0.3 is 0 Å². The Bertz CT molecular complexity index is 1080. The molecule has 0 unspecified atom stereocenters. The zero-order chi connectivity index (χ0) is 23.8. The SMILES string of the molecule is Cc1cccc(C(=O)N[C@@H](c2nnc(SCC(=O)NCCc3ccccc3)n2C)C(C)C)c1. The number of benzene rings is 2. The standard InChI is InChI=1S/C25H31N5O2S/c1-17(2)22(27-24(32)20-12-8-9-18(3)15-20)23-28-29-25(30(23)4)33-16-21(31)26-14-13-19-10-6-5-7-11-19/h5-12,15,17,22H,13-14,16H2,1-4H3,(H,26,31)(H,27,32)/t22-/m1/s1. The molecule has 0 aliphatic rings. The normalized spacial score (nSPS) is 11.9. The van der Waals surface area contributed by atoms with Crippen molar-refractivity contribution in [3.05, 3.63) is 77.1 Å². The van der Waals surface area contributed by atoms with E-state index in [0.29, 0.717) is 23.1 Å². The molecule has 3 rings (SSSR count). The molecule has 174 valence electrons. The Hall–Kier alpha value is -3.13. The van der Waals surface area contributed by atoms with Crippen molar-refractivity contribution in [3.63, 3.8) is 0 Å². The molecule has 0 saturated carbocycles. The lowest BCUT2D eigenvalue weighted by Crippen LogP contribution is -2.33. The van der Waals surface area contributed by atoms with Crippen molar-refractivity contribution < 1.29 is 9.59 Å². The lowest BCUT2D eigenvalue weighted by atomic mass is 10.0. The van der Waals surface area contributed by atoms with Gasteiger partial charge in [0, 0.05) is 19.2 Å². The molecule has 0 spiro atoms. The molecular formula is C25H31N5O2S. The Labute approximate surface area is 199 Å². The number of rotatable bonds is 10. The molecule has 0 aliphatic carbocycles. The van der Waals surface area contributed by atoms with E-state index in [-0.39, 0.29) is 29.5 Å². The molecule has 0 aliphatic heterocycles. The van der Waals surface area contributed by atoms with E-state index in [2.05, 4.69) is 20.8 Å². The van der Waals surface area contributed by atoms with Gasteiger partial charge in [0.1, 0.15) is 0 Å². The fourth-order valence-electron chi connectivity index (χ4n) is 3.43. The van der Waals surface area contributed by atoms with Crippen LogP contribution in [0, 0.1) is 12.8 Å². The van der Waals surface area contributed by atoms with E-state index in [1.165, 1.54) is 17.3 Å². The first-order valence-electron chi connectivity index (χ1n) is 11.1. The van der Waals surface area contributed by atoms with E-state index >= 15 is 0 Å². The second-order valence-corrected chi connectivity index (χ2v) is 9.28. The van der Waals surface area contributed by atoms with E-state index in [1.807, 2.05) is 80.9 Å². The summed E-state index contributed by atoms with van der Waals surface area (Å²) in [4.78, 5) is 25.0. The van der Waals surface area contributed by atoms with Crippen molar-refractivity contribution in [3.8, 4) is 0 Å². The predicted molar refractivity (Wildman–Crippen MR) is 131 cm³/mol. The Kier molecular flexibility index (Phi) is 8.65. The highest BCUT2D eigenvalue weighted by Crippen LogP contribution is 2.24. The molecule has 1 heterocycles. The number of amides is 2. The third kappa shape index (κ3) is 6.92. The number of aryl methyl sites for hydroxylation is 1. The van der Waals surface area contributed by atoms with Crippen LogP contribution in [0.5, 0.6) is 0 Å². The molecule has 0 fully saturated rings. The molecule has 8 heteroatoms. The van der Waals surface area contributed by atoms with Gasteiger partial charge in [-0.05, 0) is 37.0 Å². The monoisotopic (exact) mass is 465 g/mol. The second-order valence-electron chi connectivity index (χ2n) is 8.34. The van der Waals surface area contributed by atoms with Crippen LogP contribution in [-0.4, -0.2) is 38.9 Å². The predicted octanol–water partition coefficient (Wildman–Crippen LogP) is 3.70. The highest BCUT2D eigenvalue weighted by molar-refractivity contribution is 7.99. The summed E-state index contributed by atoms with van der Waals surface area (Å²) in [6.07, 6.45) is 0.794. The summed E-state index contributed by atoms with van der Waals surface area (Å²) < 4.78 is 1.85. The van der Waals surface area contributed by atoms with Crippen LogP contribution in [0.15, 0.2) is 59.8 Å². The summed E-state index contributed by atoms with van der Waals surface area (Å²) in [5.41, 5.74) is 2.84. The number of carbonyl (C=O) groups is 2. The van der Waals surface area contributed by atoms with Crippen molar-refractivity contribution in [2.75, 3.05) is 12.3 Å². The van der Waals surface area contributed by atoms with Gasteiger partial charge in [-0.15, -0.1) is 10.2 Å². The number of aromatic nitrogens is 3. The molecular weight excluding hydrogens is 434 g/mol. The minimum Gasteiger partial charge on any atom is -0.355 e. The Morgan fingerprint density at radius 1 is 1.06 bits per heavy atom. The summed E-state index contributed by atoms with van der Waals surface area (Å²) in [5, 5.41) is 15.3. The number of nitrogens with one attached hydrogen (secondary N) is 2. The topological polar surface area (TPSA) is 88.9 Å². The first kappa shape index (κ1) is 24.5. The van der Waals surface area contributed by atoms with Crippen LogP contribution >= 0.6 is 11.8 Å². The van der Waals surface area contributed by atoms with Crippen LogP contribution in [-0.2, 0) is 18.3 Å². The van der Waals surface area contributed by atoms with Gasteiger partial charge in [-0.2, -0.15) is 0 Å². The third-order valence-electron chi connectivity index (χ3n) is 5.29. The first-order chi connectivity index (χ1) is 15.8. The van der Waals surface area contributed by atoms with Crippen LogP contribution in [0.3, 0.4) is 0 Å². The highest BCUT2D eigenvalue weighted by atomic mass is 32.2. The molecule has 7 nitrogen and oxygen atoms in total. The number of hydrogen-bond donors (Lipinski definition) is 2. The maximum atomic E-state index is 12.8. The van der Waals surface area contributed by atoms with Gasteiger partial charge in [0.25, 0.3) is 5.91 Å². The summed E-state index contributed by atoms with van der Waals surface area (Å²) in [5.74, 6) is 0.836. The van der Waals surface area contributed by atoms with Gasteiger partial charge in [0.2, 0.25) is 5.91 Å². The van der Waals surface area contributed by atoms with Gasteiger partial charge in [-0.25, -0.2) is 0 Å². The van der Waals surface area contributed by atoms with Crippen molar-refractivity contribution in [2.24, 2.45) is 13.0 Å². The minimum atomic E-state index is -0.301. The Balaban J connectivity index is 1.57. The van der Waals surface area contributed by atoms with E-state index < -0.39 is 0 Å². The van der Waals surface area contributed by atoms with Crippen LogP contribution < -0.4 is 10.6 Å². The molecule has 2 N–H and O–H groups in total. The lowest BCUT2D eigenvalue weighted by molar-refractivity contribution is -0.118. The average molecular weight is 466 g/mol. The zero-order valence-corrected chi connectivity index (χ0v) is 20.4. The summed E-state index contributed by atoms with van der Waals surface area (Å²) in [7, 11) is 1.86. The Morgan fingerprint density at radius 2 is 1.82 bits per heavy atom. The molecule has 33 heavy (non-hydrogen) atoms. The minimum absolute atomic E-state index is 0.0476. The molecule has 2 amide bonds. The third-order valence-corrected chi connectivity index (χ3v) is 6.31. The van der Waals surface area contributed by atoms with Gasteiger partial charge in [-0.1, -0.05) is 73.6 Å². The summed E-state index contributed by atoms with van der Waals surface area (Å²) in [6.45, 7) is 6.61. The van der Waals surface area contributed by atoms with Crippen molar-refractivity contribution >= 4 is 23.6 Å². The van der Waals surface area contributed by atoms with Gasteiger partial charge in [0.05, 0.1) is 11.8 Å². The lowest BCUT2D eigenvalue weighted by Gasteiger charge is -2.21. The highest BCUT2D eigenvalue weighted by Gasteiger charge is 2.25. The van der Waals surface area contributed by atoms with Crippen molar-refractivity contribution in [1.82, 2.24) is 25.4 Å². The van der Waals surface area contributed by atoms with Gasteiger partial charge < -0.3 is 15.2 Å². The fraction of sp³-hybridized carbons (Fsp3) is 0.360.